The smallest absolute Gasteiger partial charge is 0.410 e. The van der Waals surface area contributed by atoms with Crippen LogP contribution in [0.3, 0.4) is 0 Å². The molecule has 0 spiro atoms. The zero-order valence-electron chi connectivity index (χ0n) is 13.2. The van der Waals surface area contributed by atoms with Crippen LogP contribution in [-0.4, -0.2) is 41.8 Å². The lowest BCUT2D eigenvalue weighted by Crippen LogP contribution is -2.61. The highest BCUT2D eigenvalue weighted by Gasteiger charge is 2.33. The Bertz CT molecular complexity index is 519. The van der Waals surface area contributed by atoms with E-state index >= 15 is 0 Å². The fourth-order valence-electron chi connectivity index (χ4n) is 2.00. The molecule has 2 rings (SSSR count). The predicted molar refractivity (Wildman–Crippen MR) is 81.4 cm³/mol. The van der Waals surface area contributed by atoms with Crippen LogP contribution in [0.15, 0.2) is 30.3 Å². The van der Waals surface area contributed by atoms with Crippen LogP contribution in [0.1, 0.15) is 26.3 Å². The average molecular weight is 306 g/mol. The van der Waals surface area contributed by atoms with Crippen molar-refractivity contribution in [1.29, 1.82) is 0 Å². The lowest BCUT2D eigenvalue weighted by atomic mass is 10.1. The van der Waals surface area contributed by atoms with E-state index in [-0.39, 0.29) is 18.7 Å². The number of hydrogen-bond donors (Lipinski definition) is 1. The van der Waals surface area contributed by atoms with Crippen LogP contribution in [0.25, 0.3) is 0 Å². The molecule has 0 radical (unpaired) electrons. The molecule has 0 bridgehead atoms. The minimum Gasteiger partial charge on any atom is -0.445 e. The van der Waals surface area contributed by atoms with Crippen molar-refractivity contribution in [2.24, 2.45) is 0 Å². The number of carbonyl (C=O) groups excluding carboxylic acids is 2. The largest absolute Gasteiger partial charge is 0.445 e. The third-order valence-corrected chi connectivity index (χ3v) is 3.07. The normalized spacial score (nSPS) is 15.0. The van der Waals surface area contributed by atoms with E-state index < -0.39 is 11.7 Å². The summed E-state index contributed by atoms with van der Waals surface area (Å²) < 4.78 is 10.4. The summed E-state index contributed by atoms with van der Waals surface area (Å²) in [6, 6.07) is 9.42. The summed E-state index contributed by atoms with van der Waals surface area (Å²) in [5, 5.41) is 2.72. The van der Waals surface area contributed by atoms with E-state index in [1.165, 1.54) is 0 Å². The Morgan fingerprint density at radius 1 is 1.23 bits per heavy atom. The molecule has 120 valence electrons. The third-order valence-electron chi connectivity index (χ3n) is 3.07. The van der Waals surface area contributed by atoms with E-state index in [9.17, 15) is 9.59 Å². The zero-order valence-corrected chi connectivity index (χ0v) is 13.2. The van der Waals surface area contributed by atoms with Crippen LogP contribution in [0.2, 0.25) is 0 Å². The van der Waals surface area contributed by atoms with Gasteiger partial charge in [-0.15, -0.1) is 0 Å². The zero-order chi connectivity index (χ0) is 16.2. The van der Waals surface area contributed by atoms with Crippen LogP contribution in [0.5, 0.6) is 0 Å². The Hall–Kier alpha value is -2.24. The van der Waals surface area contributed by atoms with Gasteiger partial charge in [0.05, 0.1) is 6.04 Å². The third kappa shape index (κ3) is 4.95. The first-order valence-electron chi connectivity index (χ1n) is 7.28. The minimum atomic E-state index is -0.526. The van der Waals surface area contributed by atoms with E-state index in [1.54, 1.807) is 25.7 Å². The van der Waals surface area contributed by atoms with Crippen LogP contribution in [-0.2, 0) is 16.1 Å². The molecule has 6 heteroatoms. The maximum Gasteiger partial charge on any atom is 0.410 e. The molecule has 1 fully saturated rings. The highest BCUT2D eigenvalue weighted by Crippen LogP contribution is 2.13. The number of nitrogens with one attached hydrogen (secondary N) is 1. The molecule has 0 saturated carbocycles. The van der Waals surface area contributed by atoms with Crippen molar-refractivity contribution in [1.82, 2.24) is 10.2 Å². The molecular formula is C16H22N2O4. The predicted octanol–water partition coefficient (Wildman–Crippen LogP) is 2.53. The standard InChI is InChI=1S/C16H22N2O4/c1-16(2,3)22-14(19)17-13-9-18(10-13)15(20)21-11-12-7-5-4-6-8-12/h4-8,13H,9-11H2,1-3H3,(H,17,19). The molecule has 1 saturated heterocycles. The summed E-state index contributed by atoms with van der Waals surface area (Å²) >= 11 is 0. The summed E-state index contributed by atoms with van der Waals surface area (Å²) in [5.74, 6) is 0. The highest BCUT2D eigenvalue weighted by atomic mass is 16.6. The van der Waals surface area contributed by atoms with Crippen molar-refractivity contribution in [3.63, 3.8) is 0 Å². The van der Waals surface area contributed by atoms with Gasteiger partial charge >= 0.3 is 12.2 Å². The molecule has 0 aromatic heterocycles. The first-order chi connectivity index (χ1) is 10.3. The van der Waals surface area contributed by atoms with Crippen molar-refractivity contribution in [3.8, 4) is 0 Å². The molecule has 1 N–H and O–H groups in total. The van der Waals surface area contributed by atoms with Gasteiger partial charge in [-0.05, 0) is 26.3 Å². The van der Waals surface area contributed by atoms with Gasteiger partial charge in [-0.25, -0.2) is 9.59 Å². The van der Waals surface area contributed by atoms with Gasteiger partial charge in [0.2, 0.25) is 0 Å². The fourth-order valence-corrected chi connectivity index (χ4v) is 2.00. The van der Waals surface area contributed by atoms with Gasteiger partial charge in [0.1, 0.15) is 12.2 Å². The second-order valence-electron chi connectivity index (χ2n) is 6.29. The number of rotatable bonds is 3. The van der Waals surface area contributed by atoms with Gasteiger partial charge in [0, 0.05) is 13.1 Å². The van der Waals surface area contributed by atoms with E-state index in [1.807, 2.05) is 30.3 Å². The molecule has 1 heterocycles. The SMILES string of the molecule is CC(C)(C)OC(=O)NC1CN(C(=O)OCc2ccccc2)C1. The molecular weight excluding hydrogens is 284 g/mol. The van der Waals surface area contributed by atoms with E-state index in [0.717, 1.165) is 5.56 Å². The van der Waals surface area contributed by atoms with Crippen molar-refractivity contribution in [3.05, 3.63) is 35.9 Å². The van der Waals surface area contributed by atoms with E-state index in [4.69, 9.17) is 9.47 Å². The van der Waals surface area contributed by atoms with Gasteiger partial charge < -0.3 is 19.7 Å². The maximum absolute atomic E-state index is 11.8. The molecule has 1 aromatic carbocycles. The molecule has 1 aliphatic rings. The topological polar surface area (TPSA) is 67.9 Å². The maximum atomic E-state index is 11.8. The quantitative estimate of drug-likeness (QED) is 0.932. The van der Waals surface area contributed by atoms with Gasteiger partial charge in [0.15, 0.2) is 0 Å². The number of benzene rings is 1. The van der Waals surface area contributed by atoms with E-state index in [0.29, 0.717) is 13.1 Å². The Morgan fingerprint density at radius 3 is 2.45 bits per heavy atom. The van der Waals surface area contributed by atoms with Crippen molar-refractivity contribution in [2.45, 2.75) is 39.0 Å². The lowest BCUT2D eigenvalue weighted by molar-refractivity contribution is 0.0339. The molecule has 2 amide bonds. The Labute approximate surface area is 130 Å². The average Bonchev–Trinajstić information content (AvgIpc) is 2.39. The number of nitrogens with zero attached hydrogens (tertiary/aromatic N) is 1. The van der Waals surface area contributed by atoms with Crippen molar-refractivity contribution in [2.75, 3.05) is 13.1 Å². The summed E-state index contributed by atoms with van der Waals surface area (Å²) in [7, 11) is 0. The number of alkyl carbamates (subject to hydrolysis) is 1. The number of likely N-dealkylation sites (tertiary alicyclic amines) is 1. The summed E-state index contributed by atoms with van der Waals surface area (Å²) in [4.78, 5) is 24.9. The summed E-state index contributed by atoms with van der Waals surface area (Å²) in [6.07, 6.45) is -0.833. The molecule has 22 heavy (non-hydrogen) atoms. The van der Waals surface area contributed by atoms with Gasteiger partial charge in [-0.3, -0.25) is 0 Å². The molecule has 1 aliphatic heterocycles. The molecule has 6 nitrogen and oxygen atoms in total. The minimum absolute atomic E-state index is 0.0841. The second-order valence-corrected chi connectivity index (χ2v) is 6.29. The number of hydrogen-bond acceptors (Lipinski definition) is 4. The van der Waals surface area contributed by atoms with Gasteiger partial charge in [-0.2, -0.15) is 0 Å². The lowest BCUT2D eigenvalue weighted by Gasteiger charge is -2.38. The first kappa shape index (κ1) is 16.1. The first-order valence-corrected chi connectivity index (χ1v) is 7.28. The highest BCUT2D eigenvalue weighted by molar-refractivity contribution is 5.71. The summed E-state index contributed by atoms with van der Waals surface area (Å²) in [5.41, 5.74) is 0.419. The van der Waals surface area contributed by atoms with Gasteiger partial charge in [0.25, 0.3) is 0 Å². The van der Waals surface area contributed by atoms with Crippen molar-refractivity contribution < 1.29 is 19.1 Å². The second kappa shape index (κ2) is 6.68. The van der Waals surface area contributed by atoms with Crippen LogP contribution in [0.4, 0.5) is 9.59 Å². The Morgan fingerprint density at radius 2 is 1.86 bits per heavy atom. The van der Waals surface area contributed by atoms with Crippen LogP contribution in [0, 0.1) is 0 Å². The Kier molecular flexibility index (Phi) is 4.90. The van der Waals surface area contributed by atoms with Crippen LogP contribution >= 0.6 is 0 Å². The molecule has 1 aromatic rings. The van der Waals surface area contributed by atoms with Crippen molar-refractivity contribution >= 4 is 12.2 Å². The number of carbonyl (C=O) groups is 2. The number of ether oxygens (including phenoxy) is 2. The van der Waals surface area contributed by atoms with Crippen LogP contribution < -0.4 is 5.32 Å². The Balaban J connectivity index is 1.66. The molecule has 0 atom stereocenters. The molecule has 0 unspecified atom stereocenters. The summed E-state index contributed by atoms with van der Waals surface area (Å²) in [6.45, 7) is 6.54. The molecule has 0 aliphatic carbocycles. The monoisotopic (exact) mass is 306 g/mol. The fraction of sp³-hybridized carbons (Fsp3) is 0.500. The van der Waals surface area contributed by atoms with E-state index in [2.05, 4.69) is 5.32 Å². The van der Waals surface area contributed by atoms with Gasteiger partial charge in [-0.1, -0.05) is 30.3 Å². The number of amides is 2.